The Kier molecular flexibility index (Phi) is 2.83. The summed E-state index contributed by atoms with van der Waals surface area (Å²) in [6, 6.07) is 6.69. The van der Waals surface area contributed by atoms with Crippen molar-refractivity contribution in [2.45, 2.75) is 37.3 Å². The van der Waals surface area contributed by atoms with Gasteiger partial charge in [0, 0.05) is 12.1 Å². The van der Waals surface area contributed by atoms with Gasteiger partial charge in [0.05, 0.1) is 18.8 Å². The summed E-state index contributed by atoms with van der Waals surface area (Å²) in [6.07, 6.45) is 0.639. The molecule has 0 bridgehead atoms. The number of aliphatic hydroxyl groups is 1. The van der Waals surface area contributed by atoms with Gasteiger partial charge in [-0.15, -0.1) is 0 Å². The second-order valence-electron chi connectivity index (χ2n) is 5.63. The van der Waals surface area contributed by atoms with E-state index in [1.807, 2.05) is 24.3 Å². The largest absolute Gasteiger partial charge is 0.468 e. The first-order valence-electron chi connectivity index (χ1n) is 6.68. The number of ether oxygens (including phenoxy) is 1. The summed E-state index contributed by atoms with van der Waals surface area (Å²) in [5.74, 6) is -1.10. The van der Waals surface area contributed by atoms with Crippen molar-refractivity contribution in [1.29, 1.82) is 0 Å². The summed E-state index contributed by atoms with van der Waals surface area (Å²) < 4.78 is 4.88. The van der Waals surface area contributed by atoms with E-state index in [2.05, 4.69) is 0 Å². The van der Waals surface area contributed by atoms with E-state index in [1.54, 1.807) is 11.8 Å². The standard InChI is InChI=1S/C15H17NO4/c1-15(19)8-7-11(17)16-10-6-4-3-5-9(10)12(13(15)16)14(18)20-2/h3-6,12-13,19H,7-8H2,1-2H3/t12-,13-,15+/m1/s1. The number of rotatable bonds is 1. The topological polar surface area (TPSA) is 66.8 Å². The van der Waals surface area contributed by atoms with Crippen LogP contribution in [0.1, 0.15) is 31.2 Å². The van der Waals surface area contributed by atoms with Gasteiger partial charge in [-0.2, -0.15) is 0 Å². The Morgan fingerprint density at radius 1 is 1.45 bits per heavy atom. The number of amides is 1. The number of esters is 1. The molecule has 1 N–H and O–H groups in total. The van der Waals surface area contributed by atoms with Crippen molar-refractivity contribution in [3.63, 3.8) is 0 Å². The zero-order valence-corrected chi connectivity index (χ0v) is 11.5. The molecular formula is C15H17NO4. The molecule has 0 spiro atoms. The van der Waals surface area contributed by atoms with Crippen molar-refractivity contribution in [3.8, 4) is 0 Å². The molecule has 1 amide bonds. The third-order valence-corrected chi connectivity index (χ3v) is 4.33. The highest BCUT2D eigenvalue weighted by Crippen LogP contribution is 2.48. The van der Waals surface area contributed by atoms with Crippen LogP contribution in [0.4, 0.5) is 5.69 Å². The van der Waals surface area contributed by atoms with Crippen molar-refractivity contribution >= 4 is 17.6 Å². The fourth-order valence-electron chi connectivity index (χ4n) is 3.38. The average molecular weight is 275 g/mol. The molecule has 5 nitrogen and oxygen atoms in total. The molecule has 2 aliphatic rings. The Balaban J connectivity index is 2.18. The molecule has 1 aromatic rings. The number of carbonyl (C=O) groups excluding carboxylic acids is 2. The number of piperidine rings is 1. The third kappa shape index (κ3) is 1.66. The van der Waals surface area contributed by atoms with Crippen molar-refractivity contribution < 1.29 is 19.4 Å². The summed E-state index contributed by atoms with van der Waals surface area (Å²) in [4.78, 5) is 26.0. The minimum Gasteiger partial charge on any atom is -0.468 e. The molecule has 0 unspecified atom stereocenters. The summed E-state index contributed by atoms with van der Waals surface area (Å²) in [7, 11) is 1.33. The predicted octanol–water partition coefficient (Wildman–Crippen LogP) is 1.20. The van der Waals surface area contributed by atoms with Gasteiger partial charge in [-0.1, -0.05) is 18.2 Å². The maximum Gasteiger partial charge on any atom is 0.315 e. The predicted molar refractivity (Wildman–Crippen MR) is 72.3 cm³/mol. The van der Waals surface area contributed by atoms with Gasteiger partial charge in [0.1, 0.15) is 5.92 Å². The Labute approximate surface area is 117 Å². The normalized spacial score (nSPS) is 31.8. The summed E-state index contributed by atoms with van der Waals surface area (Å²) in [6.45, 7) is 1.68. The van der Waals surface area contributed by atoms with E-state index >= 15 is 0 Å². The zero-order valence-electron chi connectivity index (χ0n) is 11.5. The number of nitrogens with zero attached hydrogens (tertiary/aromatic N) is 1. The van der Waals surface area contributed by atoms with E-state index < -0.39 is 23.5 Å². The SMILES string of the molecule is COC(=O)[C@@H]1c2ccccc2N2C(=O)CC[C@](C)(O)[C@@H]12. The third-order valence-electron chi connectivity index (χ3n) is 4.33. The monoisotopic (exact) mass is 275 g/mol. The highest BCUT2D eigenvalue weighted by molar-refractivity contribution is 6.01. The molecule has 20 heavy (non-hydrogen) atoms. The molecule has 0 aliphatic carbocycles. The van der Waals surface area contributed by atoms with Crippen LogP contribution in [-0.4, -0.2) is 35.7 Å². The van der Waals surface area contributed by atoms with E-state index in [0.29, 0.717) is 12.1 Å². The van der Waals surface area contributed by atoms with E-state index in [9.17, 15) is 14.7 Å². The van der Waals surface area contributed by atoms with Gasteiger partial charge in [0.15, 0.2) is 0 Å². The molecule has 0 aromatic heterocycles. The van der Waals surface area contributed by atoms with Crippen molar-refractivity contribution in [2.24, 2.45) is 0 Å². The lowest BCUT2D eigenvalue weighted by atomic mass is 9.79. The number of benzene rings is 1. The van der Waals surface area contributed by atoms with E-state index in [1.165, 1.54) is 7.11 Å². The second kappa shape index (κ2) is 4.31. The van der Waals surface area contributed by atoms with Gasteiger partial charge in [-0.25, -0.2) is 0 Å². The van der Waals surface area contributed by atoms with Crippen LogP contribution in [0.5, 0.6) is 0 Å². The Morgan fingerprint density at radius 2 is 2.15 bits per heavy atom. The van der Waals surface area contributed by atoms with Crippen LogP contribution >= 0.6 is 0 Å². The number of hydrogen-bond donors (Lipinski definition) is 1. The highest BCUT2D eigenvalue weighted by atomic mass is 16.5. The molecule has 5 heteroatoms. The Hall–Kier alpha value is -1.88. The number of methoxy groups -OCH3 is 1. The maximum atomic E-state index is 12.2. The average Bonchev–Trinajstić information content (AvgIpc) is 2.79. The van der Waals surface area contributed by atoms with Crippen LogP contribution < -0.4 is 4.90 Å². The fourth-order valence-corrected chi connectivity index (χ4v) is 3.38. The molecule has 1 aromatic carbocycles. The molecule has 2 aliphatic heterocycles. The van der Waals surface area contributed by atoms with Crippen LogP contribution in [0, 0.1) is 0 Å². The lowest BCUT2D eigenvalue weighted by Gasteiger charge is -2.42. The number of fused-ring (bicyclic) bond motifs is 3. The lowest BCUT2D eigenvalue weighted by molar-refractivity contribution is -0.145. The smallest absolute Gasteiger partial charge is 0.315 e. The lowest BCUT2D eigenvalue weighted by Crippen LogP contribution is -2.58. The molecular weight excluding hydrogens is 258 g/mol. The minimum atomic E-state index is -1.11. The van der Waals surface area contributed by atoms with Crippen LogP contribution in [0.15, 0.2) is 24.3 Å². The molecule has 3 atom stereocenters. The highest BCUT2D eigenvalue weighted by Gasteiger charge is 2.55. The fraction of sp³-hybridized carbons (Fsp3) is 0.467. The van der Waals surface area contributed by atoms with Gasteiger partial charge in [0.2, 0.25) is 5.91 Å². The number of para-hydroxylation sites is 1. The minimum absolute atomic E-state index is 0.0552. The van der Waals surface area contributed by atoms with Gasteiger partial charge in [0.25, 0.3) is 0 Å². The molecule has 1 saturated heterocycles. The van der Waals surface area contributed by atoms with E-state index in [0.717, 1.165) is 5.56 Å². The van der Waals surface area contributed by atoms with Gasteiger partial charge in [-0.05, 0) is 25.0 Å². The van der Waals surface area contributed by atoms with Crippen LogP contribution in [0.3, 0.4) is 0 Å². The van der Waals surface area contributed by atoms with Gasteiger partial charge < -0.3 is 14.7 Å². The first-order chi connectivity index (χ1) is 9.47. The number of anilines is 1. The summed E-state index contributed by atoms with van der Waals surface area (Å²) in [5.41, 5.74) is 0.351. The summed E-state index contributed by atoms with van der Waals surface area (Å²) >= 11 is 0. The van der Waals surface area contributed by atoms with Crippen LogP contribution in [-0.2, 0) is 14.3 Å². The molecule has 2 heterocycles. The first-order valence-corrected chi connectivity index (χ1v) is 6.68. The van der Waals surface area contributed by atoms with Crippen molar-refractivity contribution in [3.05, 3.63) is 29.8 Å². The van der Waals surface area contributed by atoms with E-state index in [-0.39, 0.29) is 12.3 Å². The first kappa shape index (κ1) is 13.1. The quantitative estimate of drug-likeness (QED) is 0.782. The molecule has 3 rings (SSSR count). The van der Waals surface area contributed by atoms with Crippen LogP contribution in [0.2, 0.25) is 0 Å². The maximum absolute atomic E-state index is 12.2. The van der Waals surface area contributed by atoms with Gasteiger partial charge >= 0.3 is 5.97 Å². The molecule has 1 fully saturated rings. The van der Waals surface area contributed by atoms with E-state index in [4.69, 9.17) is 4.74 Å². The van der Waals surface area contributed by atoms with Crippen molar-refractivity contribution in [1.82, 2.24) is 0 Å². The molecule has 106 valence electrons. The number of hydrogen-bond acceptors (Lipinski definition) is 4. The Morgan fingerprint density at radius 3 is 2.85 bits per heavy atom. The van der Waals surface area contributed by atoms with Crippen molar-refractivity contribution in [2.75, 3.05) is 12.0 Å². The summed E-state index contributed by atoms with van der Waals surface area (Å²) in [5, 5.41) is 10.6. The van der Waals surface area contributed by atoms with Gasteiger partial charge in [-0.3, -0.25) is 9.59 Å². The number of carbonyl (C=O) groups is 2. The Bertz CT molecular complexity index is 581. The zero-order chi connectivity index (χ0) is 14.5. The van der Waals surface area contributed by atoms with Crippen LogP contribution in [0.25, 0.3) is 0 Å². The molecule has 0 saturated carbocycles. The second-order valence-corrected chi connectivity index (χ2v) is 5.63. The molecule has 0 radical (unpaired) electrons.